The molecule has 0 unspecified atom stereocenters. The highest BCUT2D eigenvalue weighted by Crippen LogP contribution is 2.35. The number of ether oxygens (including phenoxy) is 1. The molecule has 0 radical (unpaired) electrons. The Hall–Kier alpha value is -6.98. The zero-order chi connectivity index (χ0) is 45.5. The van der Waals surface area contributed by atoms with Gasteiger partial charge in [0.15, 0.2) is 5.65 Å². The number of nitrogens with zero attached hydrogens (tertiary/aromatic N) is 8. The first-order valence-corrected chi connectivity index (χ1v) is 22.5. The zero-order valence-corrected chi connectivity index (χ0v) is 36.7. The summed E-state index contributed by atoms with van der Waals surface area (Å²) >= 11 is 0. The largest absolute Gasteiger partial charge is 0.496 e. The van der Waals surface area contributed by atoms with E-state index in [0.717, 1.165) is 88.9 Å². The Morgan fingerprint density at radius 1 is 0.848 bits per heavy atom. The topological polar surface area (TPSA) is 167 Å². The van der Waals surface area contributed by atoms with Crippen LogP contribution in [0.1, 0.15) is 52.7 Å². The average molecular weight is 896 g/mol. The molecule has 15 nitrogen and oxygen atoms in total. The van der Waals surface area contributed by atoms with Gasteiger partial charge in [-0.25, -0.2) is 23.4 Å². The number of carbonyl (C=O) groups is 3. The van der Waals surface area contributed by atoms with E-state index in [1.165, 1.54) is 48.5 Å². The molecule has 0 aliphatic carbocycles. The van der Waals surface area contributed by atoms with Crippen LogP contribution in [0.4, 0.5) is 26.0 Å². The number of methoxy groups -OCH3 is 1. The van der Waals surface area contributed by atoms with Gasteiger partial charge in [0.25, 0.3) is 5.91 Å². The number of carbonyl (C=O) groups excluding carboxylic acids is 3. The van der Waals surface area contributed by atoms with Crippen molar-refractivity contribution >= 4 is 45.9 Å². The quantitative estimate of drug-likeness (QED) is 0.141. The first kappa shape index (κ1) is 42.9. The molecule has 0 bridgehead atoms. The minimum atomic E-state index is -0.536. The summed E-state index contributed by atoms with van der Waals surface area (Å²) in [6.07, 6.45) is 4.28. The molecule has 4 N–H and O–H groups in total. The number of nitrogens with one attached hydrogen (secondary N) is 2. The van der Waals surface area contributed by atoms with E-state index in [-0.39, 0.29) is 47.3 Å². The van der Waals surface area contributed by atoms with E-state index in [0.29, 0.717) is 46.9 Å². The molecule has 3 amide bonds. The summed E-state index contributed by atoms with van der Waals surface area (Å²) in [6, 6.07) is 22.8. The van der Waals surface area contributed by atoms with Crippen LogP contribution in [0.3, 0.4) is 0 Å². The summed E-state index contributed by atoms with van der Waals surface area (Å²) < 4.78 is 36.8. The van der Waals surface area contributed by atoms with Crippen molar-refractivity contribution in [1.29, 1.82) is 0 Å². The Morgan fingerprint density at radius 2 is 1.62 bits per heavy atom. The van der Waals surface area contributed by atoms with Crippen LogP contribution in [0.5, 0.6) is 5.75 Å². The zero-order valence-electron chi connectivity index (χ0n) is 36.7. The first-order chi connectivity index (χ1) is 32.1. The van der Waals surface area contributed by atoms with Gasteiger partial charge in [0.1, 0.15) is 35.2 Å². The molecule has 3 saturated heterocycles. The van der Waals surface area contributed by atoms with Gasteiger partial charge in [-0.15, -0.1) is 0 Å². The number of anilines is 3. The molecular weight excluding hydrogens is 845 g/mol. The van der Waals surface area contributed by atoms with Crippen LogP contribution in [-0.2, 0) is 29.2 Å². The van der Waals surface area contributed by atoms with Crippen LogP contribution in [0.15, 0.2) is 85.2 Å². The van der Waals surface area contributed by atoms with Crippen LogP contribution in [0.25, 0.3) is 28.0 Å². The Labute approximate surface area is 380 Å². The van der Waals surface area contributed by atoms with E-state index in [9.17, 15) is 18.8 Å². The molecule has 4 aliphatic heterocycles. The Morgan fingerprint density at radius 3 is 2.38 bits per heavy atom. The predicted octanol–water partition coefficient (Wildman–Crippen LogP) is 5.44. The Bertz CT molecular complexity index is 2820. The lowest BCUT2D eigenvalue weighted by atomic mass is 9.95. The number of halogens is 2. The monoisotopic (exact) mass is 895 g/mol. The molecule has 4 aromatic carbocycles. The summed E-state index contributed by atoms with van der Waals surface area (Å²) in [5.41, 5.74) is 13.8. The standard InChI is InChI=1S/C49H51F2N11O4/c1-66-42-12-7-35(50)23-38(42)48(64)53-25-30-2-4-32(5-3-30)45-44-46(52)54-29-55-47(44)62(57-45)37-9-10-40(39(51)24-37)60-16-14-31(15-17-60)26-58-18-20-59(21-19-58)36-8-6-33-27-61(28-34(33)22-36)41-11-13-43(63)56-49(41)65/h2-10,12,22-24,29,31,41H,11,13-21,25-28H2,1H3,(H,53,64)(H2,52,54,55)(H,56,63,65)/t41-/m0/s1. The third kappa shape index (κ3) is 8.63. The lowest BCUT2D eigenvalue weighted by molar-refractivity contribution is -0.137. The minimum Gasteiger partial charge on any atom is -0.496 e. The van der Waals surface area contributed by atoms with Gasteiger partial charge in [-0.1, -0.05) is 30.3 Å². The highest BCUT2D eigenvalue weighted by Gasteiger charge is 2.35. The Kier molecular flexibility index (Phi) is 11.8. The fourth-order valence-electron chi connectivity index (χ4n) is 9.92. The number of hydrogen-bond acceptors (Lipinski definition) is 12. The maximum absolute atomic E-state index is 16.1. The second kappa shape index (κ2) is 18.1. The van der Waals surface area contributed by atoms with E-state index in [1.807, 2.05) is 36.4 Å². The second-order valence-corrected chi connectivity index (χ2v) is 17.6. The number of imide groups is 1. The van der Waals surface area contributed by atoms with Crippen LogP contribution < -0.4 is 30.9 Å². The summed E-state index contributed by atoms with van der Waals surface area (Å²) in [6.45, 7) is 8.06. The fraction of sp³-hybridized carbons (Fsp3) is 0.347. The van der Waals surface area contributed by atoms with Gasteiger partial charge in [0.2, 0.25) is 11.8 Å². The maximum Gasteiger partial charge on any atom is 0.255 e. The van der Waals surface area contributed by atoms with Crippen molar-refractivity contribution < 1.29 is 27.9 Å². The maximum atomic E-state index is 16.1. The number of piperazine rings is 1. The molecule has 0 spiro atoms. The molecular formula is C49H51F2N11O4. The van der Waals surface area contributed by atoms with Crippen LogP contribution in [0, 0.1) is 17.6 Å². The molecule has 10 rings (SSSR count). The average Bonchev–Trinajstić information content (AvgIpc) is 3.94. The molecule has 4 aliphatic rings. The third-order valence-electron chi connectivity index (χ3n) is 13.6. The number of nitrogen functional groups attached to an aromatic ring is 1. The van der Waals surface area contributed by atoms with Crippen molar-refractivity contribution in [2.75, 3.05) is 68.5 Å². The van der Waals surface area contributed by atoms with Crippen LogP contribution in [0.2, 0.25) is 0 Å². The molecule has 340 valence electrons. The number of benzene rings is 4. The number of aromatic nitrogens is 4. The van der Waals surface area contributed by atoms with Crippen molar-refractivity contribution in [2.45, 2.75) is 51.4 Å². The predicted molar refractivity (Wildman–Crippen MR) is 246 cm³/mol. The van der Waals surface area contributed by atoms with Crippen molar-refractivity contribution in [3.63, 3.8) is 0 Å². The molecule has 66 heavy (non-hydrogen) atoms. The highest BCUT2D eigenvalue weighted by atomic mass is 19.1. The summed E-state index contributed by atoms with van der Waals surface area (Å²) in [5, 5.41) is 10.7. The molecule has 17 heteroatoms. The number of amides is 3. The molecule has 6 aromatic rings. The summed E-state index contributed by atoms with van der Waals surface area (Å²) in [4.78, 5) is 55.0. The SMILES string of the molecule is COc1ccc(F)cc1C(=O)NCc1ccc(-c2nn(-c3ccc(N4CCC(CN5CCN(c6ccc7c(c6)CN([C@H]6CCC(=O)NC6=O)C7)CC5)CC4)c(F)c3)c3ncnc(N)c23)cc1. The van der Waals surface area contributed by atoms with Crippen molar-refractivity contribution in [3.8, 4) is 22.7 Å². The molecule has 2 aromatic heterocycles. The van der Waals surface area contributed by atoms with Gasteiger partial charge in [0, 0.05) is 89.2 Å². The van der Waals surface area contributed by atoms with Crippen molar-refractivity contribution in [2.24, 2.45) is 5.92 Å². The number of fused-ring (bicyclic) bond motifs is 2. The van der Waals surface area contributed by atoms with Crippen LogP contribution >= 0.6 is 0 Å². The van der Waals surface area contributed by atoms with E-state index in [2.05, 4.69) is 58.4 Å². The Balaban J connectivity index is 0.737. The van der Waals surface area contributed by atoms with Gasteiger partial charge < -0.3 is 25.6 Å². The number of hydrogen-bond donors (Lipinski definition) is 3. The number of nitrogens with two attached hydrogens (primary N) is 1. The van der Waals surface area contributed by atoms with Crippen molar-refractivity contribution in [1.82, 2.24) is 40.2 Å². The van der Waals surface area contributed by atoms with Gasteiger partial charge in [-0.2, -0.15) is 5.10 Å². The second-order valence-electron chi connectivity index (χ2n) is 17.6. The van der Waals surface area contributed by atoms with Gasteiger partial charge in [-0.05, 0) is 84.3 Å². The molecule has 3 fully saturated rings. The van der Waals surface area contributed by atoms with E-state index < -0.39 is 11.7 Å². The minimum absolute atomic E-state index is 0.102. The normalized spacial score (nSPS) is 18.4. The van der Waals surface area contributed by atoms with E-state index in [1.54, 1.807) is 4.68 Å². The van der Waals surface area contributed by atoms with Gasteiger partial charge in [0.05, 0.1) is 35.5 Å². The third-order valence-corrected chi connectivity index (χ3v) is 13.6. The fourth-order valence-corrected chi connectivity index (χ4v) is 9.92. The lowest BCUT2D eigenvalue weighted by Crippen LogP contribution is -2.50. The first-order valence-electron chi connectivity index (χ1n) is 22.5. The smallest absolute Gasteiger partial charge is 0.255 e. The molecule has 6 heterocycles. The van der Waals surface area contributed by atoms with E-state index >= 15 is 4.39 Å². The van der Waals surface area contributed by atoms with Gasteiger partial charge >= 0.3 is 0 Å². The van der Waals surface area contributed by atoms with E-state index in [4.69, 9.17) is 15.6 Å². The molecule has 1 atom stereocenters. The van der Waals surface area contributed by atoms with Crippen LogP contribution in [-0.4, -0.2) is 106 Å². The summed E-state index contributed by atoms with van der Waals surface area (Å²) in [7, 11) is 1.42. The van der Waals surface area contributed by atoms with Gasteiger partial charge in [-0.3, -0.25) is 29.5 Å². The number of rotatable bonds is 11. The summed E-state index contributed by atoms with van der Waals surface area (Å²) in [5.74, 6) is -0.664. The lowest BCUT2D eigenvalue weighted by Gasteiger charge is -2.40. The molecule has 0 saturated carbocycles. The van der Waals surface area contributed by atoms with Crippen molar-refractivity contribution in [3.05, 3.63) is 119 Å². The number of piperidine rings is 2. The highest BCUT2D eigenvalue weighted by molar-refractivity contribution is 6.01.